The molecule has 0 radical (unpaired) electrons. The molecule has 7 aromatic rings. The summed E-state index contributed by atoms with van der Waals surface area (Å²) in [6.45, 7) is 1.51. The lowest BCUT2D eigenvalue weighted by molar-refractivity contribution is -0.121. The van der Waals surface area contributed by atoms with Crippen LogP contribution in [0.1, 0.15) is 46.6 Å². The zero-order chi connectivity index (χ0) is 33.8. The van der Waals surface area contributed by atoms with Crippen molar-refractivity contribution in [2.45, 2.75) is 31.5 Å². The standard InChI is InChI=1S/C41H34FN5O2/c1-28(29-14-6-2-7-15-29)44-38(49)26-34-25-36-39(35(27-48)45-34)40(30-22-23-43-37(42)24-30)46-47(36)41(31-16-8-3-9-17-31,32-18-10-4-11-19-32)33-20-12-5-13-21-33/h2-25,28,48H,26-27H2,1H3,(H,44,49)/t28-/m1/s1. The molecule has 0 bridgehead atoms. The molecule has 0 spiro atoms. The minimum Gasteiger partial charge on any atom is -0.390 e. The summed E-state index contributed by atoms with van der Waals surface area (Å²) < 4.78 is 16.6. The van der Waals surface area contributed by atoms with Gasteiger partial charge in [-0.25, -0.2) is 9.67 Å². The SMILES string of the molecule is C[C@@H](NC(=O)Cc1cc2c(c(CO)n1)c(-c1ccnc(F)c1)nn2C(c1ccccc1)(c1ccccc1)c1ccccc1)c1ccccc1. The van der Waals surface area contributed by atoms with Gasteiger partial charge in [-0.2, -0.15) is 9.49 Å². The first kappa shape index (κ1) is 31.6. The summed E-state index contributed by atoms with van der Waals surface area (Å²) in [5, 5.41) is 19.7. The molecule has 0 fully saturated rings. The van der Waals surface area contributed by atoms with Crippen molar-refractivity contribution in [3.8, 4) is 11.3 Å². The smallest absolute Gasteiger partial charge is 0.226 e. The number of carbonyl (C=O) groups excluding carboxylic acids is 1. The molecule has 49 heavy (non-hydrogen) atoms. The van der Waals surface area contributed by atoms with E-state index in [1.165, 1.54) is 12.3 Å². The molecule has 8 heteroatoms. The summed E-state index contributed by atoms with van der Waals surface area (Å²) >= 11 is 0. The Hall–Kier alpha value is -5.99. The van der Waals surface area contributed by atoms with E-state index in [4.69, 9.17) is 10.1 Å². The zero-order valence-corrected chi connectivity index (χ0v) is 26.9. The van der Waals surface area contributed by atoms with Crippen molar-refractivity contribution in [1.29, 1.82) is 0 Å². The van der Waals surface area contributed by atoms with Gasteiger partial charge in [-0.05, 0) is 41.3 Å². The van der Waals surface area contributed by atoms with Crippen molar-refractivity contribution in [1.82, 2.24) is 25.1 Å². The van der Waals surface area contributed by atoms with E-state index in [-0.39, 0.29) is 18.4 Å². The highest BCUT2D eigenvalue weighted by Crippen LogP contribution is 2.44. The van der Waals surface area contributed by atoms with Gasteiger partial charge < -0.3 is 10.4 Å². The Balaban J connectivity index is 1.51. The minimum atomic E-state index is -1.03. The van der Waals surface area contributed by atoms with Crippen LogP contribution in [0.3, 0.4) is 0 Å². The molecule has 0 saturated carbocycles. The van der Waals surface area contributed by atoms with E-state index in [9.17, 15) is 14.3 Å². The third-order valence-corrected chi connectivity index (χ3v) is 8.85. The quantitative estimate of drug-likeness (QED) is 0.119. The molecule has 0 aliphatic carbocycles. The molecule has 0 saturated heterocycles. The normalized spacial score (nSPS) is 12.1. The molecule has 2 N–H and O–H groups in total. The lowest BCUT2D eigenvalue weighted by Gasteiger charge is -2.37. The van der Waals surface area contributed by atoms with Crippen LogP contribution >= 0.6 is 0 Å². The Kier molecular flexibility index (Phi) is 8.79. The molecule has 0 unspecified atom stereocenters. The Bertz CT molecular complexity index is 2110. The van der Waals surface area contributed by atoms with Crippen LogP contribution in [0, 0.1) is 5.95 Å². The molecule has 3 heterocycles. The van der Waals surface area contributed by atoms with Crippen LogP contribution < -0.4 is 5.32 Å². The maximum absolute atomic E-state index is 14.7. The average Bonchev–Trinajstić information content (AvgIpc) is 3.53. The molecule has 0 aliphatic heterocycles. The van der Waals surface area contributed by atoms with Gasteiger partial charge in [-0.3, -0.25) is 9.78 Å². The summed E-state index contributed by atoms with van der Waals surface area (Å²) in [4.78, 5) is 22.0. The predicted octanol–water partition coefficient (Wildman–Crippen LogP) is 7.38. The number of hydrogen-bond donors (Lipinski definition) is 2. The van der Waals surface area contributed by atoms with E-state index in [0.29, 0.717) is 33.5 Å². The number of aliphatic hydroxyl groups excluding tert-OH is 1. The van der Waals surface area contributed by atoms with Gasteiger partial charge in [-0.15, -0.1) is 0 Å². The van der Waals surface area contributed by atoms with Crippen molar-refractivity contribution < 1.29 is 14.3 Å². The molecule has 7 nitrogen and oxygen atoms in total. The average molecular weight is 648 g/mol. The van der Waals surface area contributed by atoms with E-state index in [1.807, 2.05) is 103 Å². The first-order valence-electron chi connectivity index (χ1n) is 16.1. The molecular formula is C41H34FN5O2. The number of carbonyl (C=O) groups is 1. The number of fused-ring (bicyclic) bond motifs is 1. The first-order valence-corrected chi connectivity index (χ1v) is 16.1. The summed E-state index contributed by atoms with van der Waals surface area (Å²) in [6.07, 6.45) is 1.37. The van der Waals surface area contributed by atoms with Crippen LogP contribution in [-0.2, 0) is 23.4 Å². The number of aromatic nitrogens is 4. The van der Waals surface area contributed by atoms with Crippen LogP contribution in [0.4, 0.5) is 4.39 Å². The second-order valence-corrected chi connectivity index (χ2v) is 11.9. The highest BCUT2D eigenvalue weighted by molar-refractivity contribution is 5.96. The number of nitrogens with one attached hydrogen (secondary N) is 1. The molecular weight excluding hydrogens is 613 g/mol. The van der Waals surface area contributed by atoms with Crippen LogP contribution in [0.25, 0.3) is 22.2 Å². The molecule has 4 aromatic carbocycles. The molecule has 242 valence electrons. The Morgan fingerprint density at radius 1 is 0.816 bits per heavy atom. The van der Waals surface area contributed by atoms with E-state index in [0.717, 1.165) is 22.3 Å². The van der Waals surface area contributed by atoms with Gasteiger partial charge in [0.15, 0.2) is 0 Å². The predicted molar refractivity (Wildman–Crippen MR) is 188 cm³/mol. The van der Waals surface area contributed by atoms with Gasteiger partial charge in [0.25, 0.3) is 0 Å². The van der Waals surface area contributed by atoms with Gasteiger partial charge in [0.1, 0.15) is 11.2 Å². The van der Waals surface area contributed by atoms with E-state index < -0.39 is 18.1 Å². The van der Waals surface area contributed by atoms with Crippen molar-refractivity contribution >= 4 is 16.8 Å². The lowest BCUT2D eigenvalue weighted by atomic mass is 9.77. The highest BCUT2D eigenvalue weighted by Gasteiger charge is 2.41. The summed E-state index contributed by atoms with van der Waals surface area (Å²) in [5.41, 5.74) is 5.10. The van der Waals surface area contributed by atoms with E-state index in [2.05, 4.69) is 46.7 Å². The van der Waals surface area contributed by atoms with E-state index >= 15 is 0 Å². The number of benzene rings is 4. The van der Waals surface area contributed by atoms with Gasteiger partial charge in [0, 0.05) is 17.8 Å². The van der Waals surface area contributed by atoms with Crippen molar-refractivity contribution in [2.24, 2.45) is 0 Å². The van der Waals surface area contributed by atoms with Crippen LogP contribution in [0.2, 0.25) is 0 Å². The van der Waals surface area contributed by atoms with Crippen molar-refractivity contribution in [3.05, 3.63) is 185 Å². The summed E-state index contributed by atoms with van der Waals surface area (Å²) in [5.74, 6) is -0.866. The van der Waals surface area contributed by atoms with Crippen LogP contribution in [-0.4, -0.2) is 30.8 Å². The Morgan fingerprint density at radius 2 is 1.37 bits per heavy atom. The maximum atomic E-state index is 14.7. The largest absolute Gasteiger partial charge is 0.390 e. The number of pyridine rings is 2. The molecule has 1 atom stereocenters. The Morgan fingerprint density at radius 3 is 1.90 bits per heavy atom. The second kappa shape index (κ2) is 13.6. The third-order valence-electron chi connectivity index (χ3n) is 8.85. The second-order valence-electron chi connectivity index (χ2n) is 11.9. The van der Waals surface area contributed by atoms with Crippen LogP contribution in [0.5, 0.6) is 0 Å². The summed E-state index contributed by atoms with van der Waals surface area (Å²) in [6, 6.07) is 44.6. The number of halogens is 1. The van der Waals surface area contributed by atoms with Gasteiger partial charge in [0.2, 0.25) is 11.9 Å². The Labute approximate surface area is 283 Å². The van der Waals surface area contributed by atoms with E-state index in [1.54, 1.807) is 6.07 Å². The minimum absolute atomic E-state index is 0.0283. The first-order chi connectivity index (χ1) is 24.0. The number of rotatable bonds is 10. The fourth-order valence-electron chi connectivity index (χ4n) is 6.67. The maximum Gasteiger partial charge on any atom is 0.226 e. The zero-order valence-electron chi connectivity index (χ0n) is 26.9. The van der Waals surface area contributed by atoms with Gasteiger partial charge in [-0.1, -0.05) is 121 Å². The number of amides is 1. The van der Waals surface area contributed by atoms with Gasteiger partial charge in [0.05, 0.1) is 41.4 Å². The fourth-order valence-corrected chi connectivity index (χ4v) is 6.67. The van der Waals surface area contributed by atoms with Crippen molar-refractivity contribution in [3.63, 3.8) is 0 Å². The molecule has 0 aliphatic rings. The van der Waals surface area contributed by atoms with Gasteiger partial charge >= 0.3 is 0 Å². The summed E-state index contributed by atoms with van der Waals surface area (Å²) in [7, 11) is 0. The monoisotopic (exact) mass is 647 g/mol. The molecule has 1 amide bonds. The lowest BCUT2D eigenvalue weighted by Crippen LogP contribution is -2.38. The highest BCUT2D eigenvalue weighted by atomic mass is 19.1. The topological polar surface area (TPSA) is 92.9 Å². The number of hydrogen-bond acceptors (Lipinski definition) is 5. The fraction of sp³-hybridized carbons (Fsp3) is 0.122. The third kappa shape index (κ3) is 5.98. The molecule has 7 rings (SSSR count). The molecule has 3 aromatic heterocycles. The van der Waals surface area contributed by atoms with Crippen LogP contribution in [0.15, 0.2) is 146 Å². The van der Waals surface area contributed by atoms with Crippen molar-refractivity contribution in [2.75, 3.05) is 0 Å². The number of nitrogens with zero attached hydrogens (tertiary/aromatic N) is 4. The number of aliphatic hydroxyl groups is 1.